The van der Waals surface area contributed by atoms with Crippen molar-refractivity contribution in [2.75, 3.05) is 6.61 Å². The van der Waals surface area contributed by atoms with Crippen molar-refractivity contribution in [1.29, 1.82) is 0 Å². The molecule has 144 valence electrons. The van der Waals surface area contributed by atoms with E-state index < -0.39 is 48.3 Å². The molecule has 0 radical (unpaired) electrons. The zero-order valence-corrected chi connectivity index (χ0v) is 14.4. The molecule has 1 heterocycles. The molecule has 0 bridgehead atoms. The van der Waals surface area contributed by atoms with Crippen molar-refractivity contribution in [2.24, 2.45) is 0 Å². The molecule has 8 nitrogen and oxygen atoms in total. The Hall–Kier alpha value is -2.36. The SMILES string of the molecule is O=[N+]([O-])C1C(O)[C@@H](O)O[C@H](CO)C1OC(c1ccccc1)c1ccccc1. The second-order valence-electron chi connectivity index (χ2n) is 6.32. The van der Waals surface area contributed by atoms with Gasteiger partial charge in [-0.05, 0) is 11.1 Å². The molecule has 3 N–H and O–H groups in total. The number of rotatable bonds is 6. The molecule has 1 fully saturated rings. The van der Waals surface area contributed by atoms with E-state index in [4.69, 9.17) is 9.47 Å². The van der Waals surface area contributed by atoms with E-state index in [1.807, 2.05) is 60.7 Å². The Balaban J connectivity index is 1.98. The third-order valence-electron chi connectivity index (χ3n) is 4.58. The van der Waals surface area contributed by atoms with Crippen LogP contribution in [0, 0.1) is 10.1 Å². The van der Waals surface area contributed by atoms with E-state index in [2.05, 4.69) is 0 Å². The number of aliphatic hydroxyl groups excluding tert-OH is 3. The summed E-state index contributed by atoms with van der Waals surface area (Å²) >= 11 is 0. The molecule has 3 unspecified atom stereocenters. The Kier molecular flexibility index (Phi) is 6.15. The molecule has 0 saturated carbocycles. The molecule has 27 heavy (non-hydrogen) atoms. The van der Waals surface area contributed by atoms with Crippen molar-refractivity contribution in [3.8, 4) is 0 Å². The maximum absolute atomic E-state index is 11.6. The van der Waals surface area contributed by atoms with Crippen LogP contribution in [0.5, 0.6) is 0 Å². The molecule has 2 aromatic carbocycles. The van der Waals surface area contributed by atoms with Gasteiger partial charge >= 0.3 is 0 Å². The van der Waals surface area contributed by atoms with Crippen molar-refractivity contribution in [1.82, 2.24) is 0 Å². The summed E-state index contributed by atoms with van der Waals surface area (Å²) in [6.45, 7) is -0.602. The number of ether oxygens (including phenoxy) is 2. The van der Waals surface area contributed by atoms with Crippen LogP contribution in [0.15, 0.2) is 60.7 Å². The van der Waals surface area contributed by atoms with E-state index in [0.29, 0.717) is 0 Å². The zero-order chi connectivity index (χ0) is 19.4. The quantitative estimate of drug-likeness (QED) is 0.506. The minimum Gasteiger partial charge on any atom is -0.394 e. The highest BCUT2D eigenvalue weighted by molar-refractivity contribution is 5.30. The van der Waals surface area contributed by atoms with Crippen LogP contribution in [0.1, 0.15) is 17.2 Å². The fourth-order valence-electron chi connectivity index (χ4n) is 3.24. The van der Waals surface area contributed by atoms with Crippen LogP contribution in [0.3, 0.4) is 0 Å². The van der Waals surface area contributed by atoms with Crippen LogP contribution in [-0.4, -0.2) is 57.5 Å². The van der Waals surface area contributed by atoms with Gasteiger partial charge in [-0.15, -0.1) is 0 Å². The van der Waals surface area contributed by atoms with E-state index in [1.165, 1.54) is 0 Å². The van der Waals surface area contributed by atoms with Gasteiger partial charge in [0.15, 0.2) is 18.5 Å². The number of benzene rings is 2. The summed E-state index contributed by atoms with van der Waals surface area (Å²) in [5, 5.41) is 41.0. The van der Waals surface area contributed by atoms with E-state index in [1.54, 1.807) is 0 Å². The van der Waals surface area contributed by atoms with Crippen LogP contribution in [0.4, 0.5) is 0 Å². The highest BCUT2D eigenvalue weighted by Gasteiger charge is 2.53. The lowest BCUT2D eigenvalue weighted by atomic mass is 9.95. The number of nitrogens with zero attached hydrogens (tertiary/aromatic N) is 1. The maximum atomic E-state index is 11.6. The average Bonchev–Trinajstić information content (AvgIpc) is 2.69. The van der Waals surface area contributed by atoms with Gasteiger partial charge in [0.1, 0.15) is 12.2 Å². The number of hydrogen-bond donors (Lipinski definition) is 3. The van der Waals surface area contributed by atoms with Crippen LogP contribution in [-0.2, 0) is 9.47 Å². The van der Waals surface area contributed by atoms with E-state index in [-0.39, 0.29) is 0 Å². The van der Waals surface area contributed by atoms with Gasteiger partial charge in [-0.1, -0.05) is 60.7 Å². The topological polar surface area (TPSA) is 122 Å². The largest absolute Gasteiger partial charge is 0.394 e. The molecule has 0 aliphatic carbocycles. The fourth-order valence-corrected chi connectivity index (χ4v) is 3.24. The highest BCUT2D eigenvalue weighted by atomic mass is 16.7. The lowest BCUT2D eigenvalue weighted by Crippen LogP contribution is -2.62. The zero-order valence-electron chi connectivity index (χ0n) is 14.4. The fraction of sp³-hybridized carbons (Fsp3) is 0.368. The van der Waals surface area contributed by atoms with Crippen molar-refractivity contribution >= 4 is 0 Å². The van der Waals surface area contributed by atoms with Crippen LogP contribution in [0.25, 0.3) is 0 Å². The van der Waals surface area contributed by atoms with E-state index in [0.717, 1.165) is 11.1 Å². The predicted octanol–water partition coefficient (Wildman–Crippen LogP) is 0.877. The first kappa shape index (κ1) is 19.4. The van der Waals surface area contributed by atoms with E-state index >= 15 is 0 Å². The summed E-state index contributed by atoms with van der Waals surface area (Å²) in [4.78, 5) is 10.8. The normalized spacial score (nSPS) is 28.2. The Bertz CT molecular complexity index is 703. The first-order valence-electron chi connectivity index (χ1n) is 8.54. The maximum Gasteiger partial charge on any atom is 0.271 e. The molecule has 8 heteroatoms. The van der Waals surface area contributed by atoms with Crippen LogP contribution in [0.2, 0.25) is 0 Å². The highest BCUT2D eigenvalue weighted by Crippen LogP contribution is 2.33. The molecule has 3 rings (SSSR count). The molecule has 0 spiro atoms. The Morgan fingerprint density at radius 3 is 2.00 bits per heavy atom. The smallest absolute Gasteiger partial charge is 0.271 e. The van der Waals surface area contributed by atoms with Crippen molar-refractivity contribution < 1.29 is 29.7 Å². The average molecular weight is 375 g/mol. The molecule has 0 aromatic heterocycles. The third kappa shape index (κ3) is 4.15. The van der Waals surface area contributed by atoms with E-state index in [9.17, 15) is 25.4 Å². The second kappa shape index (κ2) is 8.55. The van der Waals surface area contributed by atoms with Gasteiger partial charge in [0.05, 0.1) is 6.61 Å². The number of aliphatic hydroxyl groups is 3. The molecule has 1 aliphatic heterocycles. The van der Waals surface area contributed by atoms with Gasteiger partial charge in [0.25, 0.3) is 6.04 Å². The first-order chi connectivity index (χ1) is 13.0. The summed E-state index contributed by atoms with van der Waals surface area (Å²) in [5.41, 5.74) is 1.51. The van der Waals surface area contributed by atoms with Crippen molar-refractivity contribution in [3.05, 3.63) is 81.9 Å². The molecule has 5 atom stereocenters. The Morgan fingerprint density at radius 1 is 1.04 bits per heavy atom. The lowest BCUT2D eigenvalue weighted by Gasteiger charge is -2.39. The Labute approximate surface area is 155 Å². The number of nitro groups is 1. The van der Waals surface area contributed by atoms with Crippen LogP contribution >= 0.6 is 0 Å². The molecular weight excluding hydrogens is 354 g/mol. The molecular formula is C19H21NO7. The Morgan fingerprint density at radius 2 is 1.56 bits per heavy atom. The monoisotopic (exact) mass is 375 g/mol. The summed E-state index contributed by atoms with van der Waals surface area (Å²) in [6.07, 6.45) is -6.66. The molecule has 1 saturated heterocycles. The standard InChI is InChI=1S/C19H21NO7/c21-11-14-18(15(20(24)25)16(22)19(23)26-14)27-17(12-7-3-1-4-8-12)13-9-5-2-6-10-13/h1-10,14-19,21-23H,11H2/t14-,15?,16?,18?,19+/m1/s1. The van der Waals surface area contributed by atoms with Gasteiger partial charge in [0.2, 0.25) is 0 Å². The minimum absolute atomic E-state index is 0.602. The molecule has 2 aromatic rings. The van der Waals surface area contributed by atoms with Gasteiger partial charge in [-0.25, -0.2) is 0 Å². The summed E-state index contributed by atoms with van der Waals surface area (Å²) < 4.78 is 11.2. The van der Waals surface area contributed by atoms with Crippen LogP contribution < -0.4 is 0 Å². The van der Waals surface area contributed by atoms with Gasteiger partial charge in [-0.2, -0.15) is 0 Å². The van der Waals surface area contributed by atoms with Crippen molar-refractivity contribution in [2.45, 2.75) is 36.7 Å². The predicted molar refractivity (Wildman–Crippen MR) is 94.4 cm³/mol. The second-order valence-corrected chi connectivity index (χ2v) is 6.32. The summed E-state index contributed by atoms with van der Waals surface area (Å²) in [5.74, 6) is 0. The summed E-state index contributed by atoms with van der Waals surface area (Å²) in [7, 11) is 0. The number of hydrogen-bond acceptors (Lipinski definition) is 7. The first-order valence-corrected chi connectivity index (χ1v) is 8.54. The lowest BCUT2D eigenvalue weighted by molar-refractivity contribution is -0.567. The minimum atomic E-state index is -1.78. The van der Waals surface area contributed by atoms with Crippen molar-refractivity contribution in [3.63, 3.8) is 0 Å². The summed E-state index contributed by atoms with van der Waals surface area (Å²) in [6, 6.07) is 16.6. The molecule has 1 aliphatic rings. The van der Waals surface area contributed by atoms with Gasteiger partial charge in [-0.3, -0.25) is 10.1 Å². The van der Waals surface area contributed by atoms with Gasteiger partial charge in [0, 0.05) is 4.92 Å². The molecule has 0 amide bonds. The third-order valence-corrected chi connectivity index (χ3v) is 4.58. The van der Waals surface area contributed by atoms with Gasteiger partial charge < -0.3 is 24.8 Å².